The Bertz CT molecular complexity index is 255. The lowest BCUT2D eigenvalue weighted by molar-refractivity contribution is 0.187. The van der Waals surface area contributed by atoms with Crippen LogP contribution >= 0.6 is 0 Å². The van der Waals surface area contributed by atoms with E-state index in [4.69, 9.17) is 0 Å². The van der Waals surface area contributed by atoms with Gasteiger partial charge in [0.05, 0.1) is 0 Å². The van der Waals surface area contributed by atoms with Crippen molar-refractivity contribution in [2.24, 2.45) is 0 Å². The van der Waals surface area contributed by atoms with Crippen LogP contribution in [0.1, 0.15) is 30.9 Å². The van der Waals surface area contributed by atoms with Crippen LogP contribution in [0.15, 0.2) is 30.3 Å². The summed E-state index contributed by atoms with van der Waals surface area (Å²) >= 11 is 0. The van der Waals surface area contributed by atoms with Crippen molar-refractivity contribution in [3.63, 3.8) is 0 Å². The molecule has 0 radical (unpaired) electrons. The Hall–Kier alpha value is -0.820. The van der Waals surface area contributed by atoms with Gasteiger partial charge in [0.1, 0.15) is 0 Å². The highest BCUT2D eigenvalue weighted by Crippen LogP contribution is 2.28. The fraction of sp³-hybridized carbons (Fsp3) is 0.500. The van der Waals surface area contributed by atoms with Gasteiger partial charge in [-0.1, -0.05) is 36.8 Å². The molecule has 13 heavy (non-hydrogen) atoms. The maximum Gasteiger partial charge on any atom is 0.0345 e. The second-order valence-corrected chi connectivity index (χ2v) is 3.90. The standard InChI is InChI=1S/C12H17N/c1-13-10-6-5-9-12(13)11-7-3-2-4-8-11/h2-4,7-8,12H,5-6,9-10H2,1H3/t12-/m1/s1. The first kappa shape index (κ1) is 8.76. The van der Waals surface area contributed by atoms with E-state index >= 15 is 0 Å². The van der Waals surface area contributed by atoms with Crippen LogP contribution in [0.5, 0.6) is 0 Å². The SMILES string of the molecule is CN1CCCC[C@@H]1c1ccccc1. The van der Waals surface area contributed by atoms with E-state index in [1.807, 2.05) is 0 Å². The van der Waals surface area contributed by atoms with E-state index in [1.165, 1.54) is 31.4 Å². The zero-order valence-corrected chi connectivity index (χ0v) is 8.24. The number of benzene rings is 1. The number of nitrogens with zero attached hydrogens (tertiary/aromatic N) is 1. The summed E-state index contributed by atoms with van der Waals surface area (Å²) in [5.74, 6) is 0. The number of likely N-dealkylation sites (tertiary alicyclic amines) is 1. The summed E-state index contributed by atoms with van der Waals surface area (Å²) in [4.78, 5) is 2.47. The van der Waals surface area contributed by atoms with Crippen LogP contribution in [0.25, 0.3) is 0 Å². The molecule has 0 amide bonds. The van der Waals surface area contributed by atoms with Gasteiger partial charge in [-0.3, -0.25) is 4.90 Å². The normalized spacial score (nSPS) is 24.5. The summed E-state index contributed by atoms with van der Waals surface area (Å²) in [6.07, 6.45) is 4.06. The fourth-order valence-corrected chi connectivity index (χ4v) is 2.17. The molecule has 1 saturated heterocycles. The minimum Gasteiger partial charge on any atom is -0.299 e. The highest BCUT2D eigenvalue weighted by atomic mass is 15.1. The van der Waals surface area contributed by atoms with Crippen molar-refractivity contribution in [2.45, 2.75) is 25.3 Å². The molecule has 1 aromatic rings. The van der Waals surface area contributed by atoms with Crippen molar-refractivity contribution in [1.82, 2.24) is 4.90 Å². The molecule has 1 heteroatoms. The summed E-state index contributed by atoms with van der Waals surface area (Å²) in [7, 11) is 2.23. The molecule has 0 N–H and O–H groups in total. The molecule has 1 nitrogen and oxygen atoms in total. The lowest BCUT2D eigenvalue weighted by Gasteiger charge is -2.32. The summed E-state index contributed by atoms with van der Waals surface area (Å²) in [6, 6.07) is 11.5. The van der Waals surface area contributed by atoms with Gasteiger partial charge >= 0.3 is 0 Å². The fourth-order valence-electron chi connectivity index (χ4n) is 2.17. The van der Waals surface area contributed by atoms with Gasteiger partial charge in [-0.15, -0.1) is 0 Å². The number of piperidine rings is 1. The molecule has 1 fully saturated rings. The summed E-state index contributed by atoms with van der Waals surface area (Å²) < 4.78 is 0. The van der Waals surface area contributed by atoms with Gasteiger partial charge in [0.15, 0.2) is 0 Å². The van der Waals surface area contributed by atoms with Crippen molar-refractivity contribution in [1.29, 1.82) is 0 Å². The third-order valence-corrected chi connectivity index (χ3v) is 2.95. The summed E-state index contributed by atoms with van der Waals surface area (Å²) in [5.41, 5.74) is 1.48. The maximum atomic E-state index is 2.47. The Morgan fingerprint density at radius 1 is 1.15 bits per heavy atom. The van der Waals surface area contributed by atoms with Crippen LogP contribution in [-0.4, -0.2) is 18.5 Å². The van der Waals surface area contributed by atoms with E-state index in [-0.39, 0.29) is 0 Å². The molecule has 0 spiro atoms. The van der Waals surface area contributed by atoms with Crippen LogP contribution in [0.2, 0.25) is 0 Å². The Labute approximate surface area is 80.4 Å². The molecule has 0 unspecified atom stereocenters. The largest absolute Gasteiger partial charge is 0.299 e. The average molecular weight is 175 g/mol. The first-order chi connectivity index (χ1) is 6.38. The molecule has 1 aliphatic rings. The molecule has 0 bridgehead atoms. The molecule has 1 heterocycles. The van der Waals surface area contributed by atoms with Crippen molar-refractivity contribution in [3.8, 4) is 0 Å². The van der Waals surface area contributed by atoms with Crippen molar-refractivity contribution in [3.05, 3.63) is 35.9 Å². The maximum absolute atomic E-state index is 2.47. The quantitative estimate of drug-likeness (QED) is 0.634. The number of rotatable bonds is 1. The Balaban J connectivity index is 2.15. The molecular formula is C12H17N. The smallest absolute Gasteiger partial charge is 0.0345 e. The predicted octanol–water partition coefficient (Wildman–Crippen LogP) is 2.84. The van der Waals surface area contributed by atoms with Gasteiger partial charge in [-0.25, -0.2) is 0 Å². The van der Waals surface area contributed by atoms with E-state index < -0.39 is 0 Å². The third-order valence-electron chi connectivity index (χ3n) is 2.95. The topological polar surface area (TPSA) is 3.24 Å². The first-order valence-electron chi connectivity index (χ1n) is 5.13. The van der Waals surface area contributed by atoms with Gasteiger partial charge in [0.2, 0.25) is 0 Å². The van der Waals surface area contributed by atoms with Gasteiger partial charge < -0.3 is 0 Å². The number of hydrogen-bond acceptors (Lipinski definition) is 1. The molecule has 2 rings (SSSR count). The minimum absolute atomic E-state index is 0.662. The monoisotopic (exact) mass is 175 g/mol. The second-order valence-electron chi connectivity index (χ2n) is 3.90. The molecule has 0 aliphatic carbocycles. The lowest BCUT2D eigenvalue weighted by atomic mass is 9.96. The molecule has 1 aliphatic heterocycles. The zero-order valence-electron chi connectivity index (χ0n) is 8.24. The molecule has 70 valence electrons. The van der Waals surface area contributed by atoms with Crippen LogP contribution in [-0.2, 0) is 0 Å². The molecule has 1 atom stereocenters. The molecular weight excluding hydrogens is 158 g/mol. The van der Waals surface area contributed by atoms with E-state index in [0.29, 0.717) is 6.04 Å². The zero-order chi connectivity index (χ0) is 9.10. The van der Waals surface area contributed by atoms with Gasteiger partial charge in [-0.2, -0.15) is 0 Å². The third kappa shape index (κ3) is 1.92. The first-order valence-corrected chi connectivity index (χ1v) is 5.13. The van der Waals surface area contributed by atoms with E-state index in [9.17, 15) is 0 Å². The highest BCUT2D eigenvalue weighted by Gasteiger charge is 2.19. The van der Waals surface area contributed by atoms with Crippen molar-refractivity contribution in [2.75, 3.05) is 13.6 Å². The van der Waals surface area contributed by atoms with Gasteiger partial charge in [0, 0.05) is 6.04 Å². The van der Waals surface area contributed by atoms with E-state index in [1.54, 1.807) is 0 Å². The molecule has 1 aromatic carbocycles. The highest BCUT2D eigenvalue weighted by molar-refractivity contribution is 5.19. The number of hydrogen-bond donors (Lipinski definition) is 0. The molecule has 0 aromatic heterocycles. The summed E-state index contributed by atoms with van der Waals surface area (Å²) in [6.45, 7) is 1.25. The van der Waals surface area contributed by atoms with Gasteiger partial charge in [-0.05, 0) is 32.0 Å². The summed E-state index contributed by atoms with van der Waals surface area (Å²) in [5, 5.41) is 0. The Kier molecular flexibility index (Phi) is 2.65. The minimum atomic E-state index is 0.662. The van der Waals surface area contributed by atoms with Crippen LogP contribution in [0.4, 0.5) is 0 Å². The van der Waals surface area contributed by atoms with Crippen molar-refractivity contribution >= 4 is 0 Å². The van der Waals surface area contributed by atoms with E-state index in [0.717, 1.165) is 0 Å². The Morgan fingerprint density at radius 2 is 1.92 bits per heavy atom. The van der Waals surface area contributed by atoms with Crippen molar-refractivity contribution < 1.29 is 0 Å². The van der Waals surface area contributed by atoms with Crippen LogP contribution in [0, 0.1) is 0 Å². The average Bonchev–Trinajstić information content (AvgIpc) is 2.20. The predicted molar refractivity (Wildman–Crippen MR) is 55.7 cm³/mol. The second kappa shape index (κ2) is 3.93. The van der Waals surface area contributed by atoms with E-state index in [2.05, 4.69) is 42.3 Å². The lowest BCUT2D eigenvalue weighted by Crippen LogP contribution is -2.29. The van der Waals surface area contributed by atoms with Crippen LogP contribution in [0.3, 0.4) is 0 Å². The van der Waals surface area contributed by atoms with Crippen LogP contribution < -0.4 is 0 Å². The Morgan fingerprint density at radius 3 is 2.62 bits per heavy atom. The molecule has 0 saturated carbocycles. The van der Waals surface area contributed by atoms with Gasteiger partial charge in [0.25, 0.3) is 0 Å².